The quantitative estimate of drug-likeness (QED) is 0.729. The van der Waals surface area contributed by atoms with Crippen LogP contribution in [0.3, 0.4) is 0 Å². The molecule has 0 radical (unpaired) electrons. The van der Waals surface area contributed by atoms with Crippen LogP contribution in [0.15, 0.2) is 30.3 Å². The van der Waals surface area contributed by atoms with Crippen LogP contribution in [-0.4, -0.2) is 42.5 Å². The molecule has 4 heteroatoms. The molecular weight excluding hydrogens is 262 g/mol. The van der Waals surface area contributed by atoms with Gasteiger partial charge in [0.1, 0.15) is 0 Å². The van der Waals surface area contributed by atoms with Gasteiger partial charge in [-0.25, -0.2) is 0 Å². The molecular formula is C17H29N3O. The molecule has 0 bridgehead atoms. The number of hydrogen-bond donors (Lipinski definition) is 2. The fourth-order valence-electron chi connectivity index (χ4n) is 2.39. The molecule has 1 atom stereocenters. The van der Waals surface area contributed by atoms with E-state index >= 15 is 0 Å². The third-order valence-electron chi connectivity index (χ3n) is 3.77. The highest BCUT2D eigenvalue weighted by atomic mass is 16.1. The zero-order chi connectivity index (χ0) is 15.9. The molecule has 0 fully saturated rings. The maximum atomic E-state index is 11.7. The van der Waals surface area contributed by atoms with Crippen molar-refractivity contribution >= 4 is 5.91 Å². The molecule has 1 unspecified atom stereocenters. The highest BCUT2D eigenvalue weighted by molar-refractivity contribution is 5.84. The molecule has 0 spiro atoms. The zero-order valence-electron chi connectivity index (χ0n) is 13.7. The van der Waals surface area contributed by atoms with Gasteiger partial charge in [-0.05, 0) is 46.2 Å². The highest BCUT2D eigenvalue weighted by Crippen LogP contribution is 2.11. The first-order valence-corrected chi connectivity index (χ1v) is 7.63. The number of rotatable bonds is 9. The number of benzene rings is 1. The second-order valence-electron chi connectivity index (χ2n) is 6.28. The van der Waals surface area contributed by atoms with Gasteiger partial charge in [0, 0.05) is 19.1 Å². The smallest absolute Gasteiger partial charge is 0.237 e. The molecule has 0 saturated carbocycles. The Bertz CT molecular complexity index is 433. The fourth-order valence-corrected chi connectivity index (χ4v) is 2.39. The van der Waals surface area contributed by atoms with Crippen molar-refractivity contribution in [3.8, 4) is 0 Å². The number of hydrogen-bond acceptors (Lipinski definition) is 3. The van der Waals surface area contributed by atoms with Crippen molar-refractivity contribution in [1.29, 1.82) is 0 Å². The van der Waals surface area contributed by atoms with E-state index in [-0.39, 0.29) is 11.9 Å². The third-order valence-corrected chi connectivity index (χ3v) is 3.77. The maximum Gasteiger partial charge on any atom is 0.237 e. The van der Waals surface area contributed by atoms with Crippen LogP contribution in [0, 0.1) is 0 Å². The predicted molar refractivity (Wildman–Crippen MR) is 88.1 cm³/mol. The summed E-state index contributed by atoms with van der Waals surface area (Å²) >= 11 is 0. The first-order chi connectivity index (χ1) is 9.83. The van der Waals surface area contributed by atoms with Crippen LogP contribution in [-0.2, 0) is 11.2 Å². The van der Waals surface area contributed by atoms with Crippen LogP contribution in [0.2, 0.25) is 0 Å². The van der Waals surface area contributed by atoms with E-state index in [1.54, 1.807) is 0 Å². The lowest BCUT2D eigenvalue weighted by Crippen LogP contribution is -2.56. The summed E-state index contributed by atoms with van der Waals surface area (Å²) in [5.41, 5.74) is 6.24. The Balaban J connectivity index is 2.43. The summed E-state index contributed by atoms with van der Waals surface area (Å²) in [5.74, 6) is -0.285. The van der Waals surface area contributed by atoms with Crippen molar-refractivity contribution in [2.45, 2.75) is 45.2 Å². The average Bonchev–Trinajstić information content (AvgIpc) is 2.43. The number of nitrogens with zero attached hydrogens (tertiary/aromatic N) is 1. The number of carbonyl (C=O) groups excluding carboxylic acids is 1. The van der Waals surface area contributed by atoms with Crippen molar-refractivity contribution in [1.82, 2.24) is 10.2 Å². The molecule has 4 nitrogen and oxygen atoms in total. The van der Waals surface area contributed by atoms with Crippen molar-refractivity contribution < 1.29 is 4.79 Å². The first kappa shape index (κ1) is 17.7. The summed E-state index contributed by atoms with van der Waals surface area (Å²) in [7, 11) is 2.08. The van der Waals surface area contributed by atoms with Gasteiger partial charge in [-0.3, -0.25) is 4.79 Å². The number of nitrogens with one attached hydrogen (secondary N) is 1. The van der Waals surface area contributed by atoms with Crippen LogP contribution >= 0.6 is 0 Å². The molecule has 0 heterocycles. The minimum atomic E-state index is -0.644. The molecule has 118 valence electrons. The molecule has 21 heavy (non-hydrogen) atoms. The van der Waals surface area contributed by atoms with Gasteiger partial charge in [0.25, 0.3) is 0 Å². The molecule has 0 aliphatic rings. The summed E-state index contributed by atoms with van der Waals surface area (Å²) in [6.07, 6.45) is 1.73. The van der Waals surface area contributed by atoms with Crippen molar-refractivity contribution in [2.24, 2.45) is 5.73 Å². The van der Waals surface area contributed by atoms with Crippen LogP contribution in [0.5, 0.6) is 0 Å². The molecule has 0 aliphatic carbocycles. The Morgan fingerprint density at radius 2 is 1.90 bits per heavy atom. The summed E-state index contributed by atoms with van der Waals surface area (Å²) in [6, 6.07) is 10.7. The fraction of sp³-hybridized carbons (Fsp3) is 0.588. The van der Waals surface area contributed by atoms with E-state index in [9.17, 15) is 4.79 Å². The number of primary amides is 1. The van der Waals surface area contributed by atoms with E-state index in [0.717, 1.165) is 19.5 Å². The monoisotopic (exact) mass is 291 g/mol. The largest absolute Gasteiger partial charge is 0.368 e. The van der Waals surface area contributed by atoms with Crippen LogP contribution < -0.4 is 11.1 Å². The molecule has 0 aliphatic heterocycles. The van der Waals surface area contributed by atoms with E-state index in [0.29, 0.717) is 6.42 Å². The average molecular weight is 291 g/mol. The summed E-state index contributed by atoms with van der Waals surface area (Å²) < 4.78 is 0. The Kier molecular flexibility index (Phi) is 6.85. The number of amides is 1. The second kappa shape index (κ2) is 8.15. The summed E-state index contributed by atoms with van der Waals surface area (Å²) in [5, 5.41) is 3.28. The molecule has 1 aromatic rings. The van der Waals surface area contributed by atoms with Gasteiger partial charge in [0.2, 0.25) is 5.91 Å². The van der Waals surface area contributed by atoms with E-state index in [1.165, 1.54) is 5.56 Å². The van der Waals surface area contributed by atoms with Crippen LogP contribution in [0.25, 0.3) is 0 Å². The minimum absolute atomic E-state index is 0.233. The number of nitrogens with two attached hydrogens (primary N) is 1. The van der Waals surface area contributed by atoms with Crippen LogP contribution in [0.1, 0.15) is 32.8 Å². The molecule has 1 rings (SSSR count). The van der Waals surface area contributed by atoms with Gasteiger partial charge in [-0.1, -0.05) is 30.3 Å². The summed E-state index contributed by atoms with van der Waals surface area (Å²) in [6.45, 7) is 7.76. The number of carbonyl (C=O) groups is 1. The van der Waals surface area contributed by atoms with Crippen molar-refractivity contribution in [3.05, 3.63) is 35.9 Å². The van der Waals surface area contributed by atoms with Gasteiger partial charge in [-0.15, -0.1) is 0 Å². The van der Waals surface area contributed by atoms with Crippen molar-refractivity contribution in [2.75, 3.05) is 20.1 Å². The van der Waals surface area contributed by atoms with Gasteiger partial charge in [0.05, 0.1) is 5.54 Å². The van der Waals surface area contributed by atoms with E-state index in [2.05, 4.69) is 41.5 Å². The molecule has 3 N–H and O–H groups in total. The van der Waals surface area contributed by atoms with Gasteiger partial charge in [0.15, 0.2) is 0 Å². The lowest BCUT2D eigenvalue weighted by atomic mass is 9.95. The highest BCUT2D eigenvalue weighted by Gasteiger charge is 2.31. The van der Waals surface area contributed by atoms with E-state index in [4.69, 9.17) is 5.73 Å². The summed E-state index contributed by atoms with van der Waals surface area (Å²) in [4.78, 5) is 13.9. The van der Waals surface area contributed by atoms with Gasteiger partial charge in [-0.2, -0.15) is 0 Å². The third kappa shape index (κ3) is 6.27. The SMILES string of the molecule is CC(C)NC(C)(CCN(C)CCc1ccccc1)C(N)=O. The van der Waals surface area contributed by atoms with E-state index < -0.39 is 5.54 Å². The minimum Gasteiger partial charge on any atom is -0.368 e. The Morgan fingerprint density at radius 3 is 2.43 bits per heavy atom. The molecule has 0 aromatic heterocycles. The predicted octanol–water partition coefficient (Wildman–Crippen LogP) is 1.79. The lowest BCUT2D eigenvalue weighted by molar-refractivity contribution is -0.124. The van der Waals surface area contributed by atoms with Crippen LogP contribution in [0.4, 0.5) is 0 Å². The topological polar surface area (TPSA) is 58.4 Å². The first-order valence-electron chi connectivity index (χ1n) is 7.63. The van der Waals surface area contributed by atoms with Gasteiger partial charge >= 0.3 is 0 Å². The normalized spacial score (nSPS) is 14.4. The Hall–Kier alpha value is -1.39. The van der Waals surface area contributed by atoms with Crippen molar-refractivity contribution in [3.63, 3.8) is 0 Å². The standard InChI is InChI=1S/C17H29N3O/c1-14(2)19-17(3,16(18)21)11-13-20(4)12-10-15-8-6-5-7-9-15/h5-9,14,19H,10-13H2,1-4H3,(H2,18,21). The second-order valence-corrected chi connectivity index (χ2v) is 6.28. The molecule has 1 amide bonds. The molecule has 1 aromatic carbocycles. The Labute approximate surface area is 128 Å². The lowest BCUT2D eigenvalue weighted by Gasteiger charge is -2.31. The Morgan fingerprint density at radius 1 is 1.29 bits per heavy atom. The molecule has 0 saturated heterocycles. The van der Waals surface area contributed by atoms with E-state index in [1.807, 2.05) is 26.8 Å². The maximum absolute atomic E-state index is 11.7. The van der Waals surface area contributed by atoms with Gasteiger partial charge < -0.3 is 16.0 Å². The zero-order valence-corrected chi connectivity index (χ0v) is 13.7. The number of likely N-dealkylation sites (N-methyl/N-ethyl adjacent to an activating group) is 1.